The number of Topliss-reactive ketones (excluding diaryl/α,β-unsaturated/α-hetero) is 1. The van der Waals surface area contributed by atoms with E-state index >= 15 is 0 Å². The second-order valence-electron chi connectivity index (χ2n) is 8.84. The number of nitrogens with one attached hydrogen (secondary N) is 1. The maximum absolute atomic E-state index is 13.0. The van der Waals surface area contributed by atoms with E-state index in [1.54, 1.807) is 0 Å². The molecule has 5 nitrogen and oxygen atoms in total. The number of rotatable bonds is 2. The van der Waals surface area contributed by atoms with Crippen LogP contribution in [0.2, 0.25) is 0 Å². The number of aromatic nitrogens is 2. The van der Waals surface area contributed by atoms with Gasteiger partial charge in [0, 0.05) is 55.2 Å². The maximum atomic E-state index is 13.0. The normalized spacial score (nSPS) is 22.0. The Balaban J connectivity index is 1.51. The van der Waals surface area contributed by atoms with Gasteiger partial charge in [-0.15, -0.1) is 0 Å². The Hall–Kier alpha value is -2.92. The first-order valence-corrected chi connectivity index (χ1v) is 10.8. The van der Waals surface area contributed by atoms with Gasteiger partial charge in [0.2, 0.25) is 0 Å². The van der Waals surface area contributed by atoms with Gasteiger partial charge in [0.1, 0.15) is 5.65 Å². The number of hydrogen-bond acceptors (Lipinski definition) is 4. The number of carbonyl (C=O) groups excluding carboxylic acids is 1. The van der Waals surface area contributed by atoms with E-state index in [1.807, 2.05) is 35.0 Å². The number of carbonyl (C=O) groups is 1. The standard InChI is InChI=1S/C25H28N4O/c1-16-4-9-25-27-23(15-29(25)12-16)22-11-20-5-7-21(10-19(20)6-8-24(22)30)28-13-17(2)26-18(3)14-28/h4-5,7,9-12,15,17-18,26H,6,8,13-14H2,1-3H3/t17-,18+. The predicted octanol–water partition coefficient (Wildman–Crippen LogP) is 3.89. The first-order valence-electron chi connectivity index (χ1n) is 10.8. The van der Waals surface area contributed by atoms with E-state index in [1.165, 1.54) is 16.8 Å². The van der Waals surface area contributed by atoms with Crippen LogP contribution < -0.4 is 10.2 Å². The number of hydrogen-bond donors (Lipinski definition) is 1. The zero-order valence-corrected chi connectivity index (χ0v) is 17.9. The highest BCUT2D eigenvalue weighted by Crippen LogP contribution is 2.30. The van der Waals surface area contributed by atoms with Crippen LogP contribution in [0.25, 0.3) is 17.3 Å². The summed E-state index contributed by atoms with van der Waals surface area (Å²) in [5.41, 5.74) is 7.13. The molecule has 154 valence electrons. The quantitative estimate of drug-likeness (QED) is 0.709. The van der Waals surface area contributed by atoms with Crippen molar-refractivity contribution in [1.29, 1.82) is 0 Å². The molecule has 0 radical (unpaired) electrons. The van der Waals surface area contributed by atoms with Gasteiger partial charge in [-0.1, -0.05) is 12.1 Å². The zero-order valence-electron chi connectivity index (χ0n) is 17.9. The minimum Gasteiger partial charge on any atom is -0.368 e. The van der Waals surface area contributed by atoms with Gasteiger partial charge in [-0.2, -0.15) is 0 Å². The van der Waals surface area contributed by atoms with Crippen LogP contribution in [0.15, 0.2) is 42.7 Å². The molecule has 2 atom stereocenters. The summed E-state index contributed by atoms with van der Waals surface area (Å²) in [4.78, 5) is 20.1. The fraction of sp³-hybridized carbons (Fsp3) is 0.360. The second kappa shape index (κ2) is 7.40. The Morgan fingerprint density at radius 1 is 1.03 bits per heavy atom. The molecule has 30 heavy (non-hydrogen) atoms. The Kier molecular flexibility index (Phi) is 4.70. The van der Waals surface area contributed by atoms with Crippen LogP contribution in [-0.2, 0) is 11.2 Å². The average Bonchev–Trinajstić information content (AvgIpc) is 3.04. The molecule has 2 aliphatic rings. The number of imidazole rings is 1. The van der Waals surface area contributed by atoms with E-state index in [4.69, 9.17) is 4.98 Å². The van der Waals surface area contributed by atoms with Gasteiger partial charge in [0.25, 0.3) is 0 Å². The molecule has 0 amide bonds. The zero-order chi connectivity index (χ0) is 20.8. The minimum atomic E-state index is 0.164. The molecular formula is C25H28N4O. The molecule has 3 aromatic rings. The molecule has 0 bridgehead atoms. The molecule has 1 aliphatic heterocycles. The maximum Gasteiger partial charge on any atom is 0.165 e. The Morgan fingerprint density at radius 2 is 1.83 bits per heavy atom. The summed E-state index contributed by atoms with van der Waals surface area (Å²) in [6.07, 6.45) is 7.33. The molecule has 0 unspecified atom stereocenters. The van der Waals surface area contributed by atoms with Crippen LogP contribution in [-0.4, -0.2) is 40.3 Å². The van der Waals surface area contributed by atoms with Crippen LogP contribution in [0.1, 0.15) is 42.7 Å². The highest BCUT2D eigenvalue weighted by molar-refractivity contribution is 6.25. The number of anilines is 1. The lowest BCUT2D eigenvalue weighted by atomic mass is 10.0. The third-order valence-corrected chi connectivity index (χ3v) is 6.15. The lowest BCUT2D eigenvalue weighted by Crippen LogP contribution is -2.54. The molecule has 1 N–H and O–H groups in total. The van der Waals surface area contributed by atoms with Gasteiger partial charge in [-0.05, 0) is 68.2 Å². The first-order chi connectivity index (χ1) is 14.5. The van der Waals surface area contributed by atoms with E-state index < -0.39 is 0 Å². The summed E-state index contributed by atoms with van der Waals surface area (Å²) in [6.45, 7) is 8.53. The Labute approximate surface area is 177 Å². The van der Waals surface area contributed by atoms with Crippen LogP contribution >= 0.6 is 0 Å². The lowest BCUT2D eigenvalue weighted by molar-refractivity contribution is -0.113. The topological polar surface area (TPSA) is 49.6 Å². The minimum absolute atomic E-state index is 0.164. The SMILES string of the molecule is Cc1ccc2nc(C3=Cc4ccc(N5C[C@@H](C)N[C@@H](C)C5)cc4CCC3=O)cn2c1. The summed E-state index contributed by atoms with van der Waals surface area (Å²) in [7, 11) is 0. The van der Waals surface area contributed by atoms with Gasteiger partial charge in [-0.3, -0.25) is 4.79 Å². The third-order valence-electron chi connectivity index (χ3n) is 6.15. The van der Waals surface area contributed by atoms with Gasteiger partial charge in [0.05, 0.1) is 5.69 Å². The number of aryl methyl sites for hydroxylation is 2. The number of ketones is 1. The molecule has 1 fully saturated rings. The molecule has 5 heteroatoms. The molecule has 2 aromatic heterocycles. The fourth-order valence-corrected chi connectivity index (χ4v) is 4.75. The van der Waals surface area contributed by atoms with E-state index in [0.717, 1.165) is 36.4 Å². The average molecular weight is 401 g/mol. The van der Waals surface area contributed by atoms with E-state index in [9.17, 15) is 4.79 Å². The molecule has 1 saturated heterocycles. The van der Waals surface area contributed by atoms with Crippen molar-refractivity contribution in [2.75, 3.05) is 18.0 Å². The lowest BCUT2D eigenvalue weighted by Gasteiger charge is -2.38. The van der Waals surface area contributed by atoms with Gasteiger partial charge in [-0.25, -0.2) is 4.98 Å². The molecule has 5 rings (SSSR count). The summed E-state index contributed by atoms with van der Waals surface area (Å²) in [5.74, 6) is 0.164. The number of fused-ring (bicyclic) bond motifs is 2. The Morgan fingerprint density at radius 3 is 2.63 bits per heavy atom. The third kappa shape index (κ3) is 3.54. The highest BCUT2D eigenvalue weighted by Gasteiger charge is 2.23. The van der Waals surface area contributed by atoms with Crippen molar-refractivity contribution < 1.29 is 4.79 Å². The Bertz CT molecular complexity index is 1150. The monoisotopic (exact) mass is 400 g/mol. The number of allylic oxidation sites excluding steroid dienone is 1. The first kappa shape index (κ1) is 19.1. The van der Waals surface area contributed by atoms with Crippen molar-refractivity contribution in [2.24, 2.45) is 0 Å². The van der Waals surface area contributed by atoms with Crippen molar-refractivity contribution in [3.63, 3.8) is 0 Å². The number of benzene rings is 1. The summed E-state index contributed by atoms with van der Waals surface area (Å²) in [5, 5.41) is 3.59. The van der Waals surface area contributed by atoms with Gasteiger partial charge in [0.15, 0.2) is 5.78 Å². The van der Waals surface area contributed by atoms with Crippen molar-refractivity contribution in [3.05, 3.63) is 65.1 Å². The predicted molar refractivity (Wildman–Crippen MR) is 122 cm³/mol. The van der Waals surface area contributed by atoms with E-state index in [2.05, 4.69) is 49.2 Å². The van der Waals surface area contributed by atoms with Gasteiger partial charge >= 0.3 is 0 Å². The van der Waals surface area contributed by atoms with Crippen LogP contribution in [0.4, 0.5) is 5.69 Å². The number of piperazine rings is 1. The molecule has 1 aliphatic carbocycles. The molecule has 0 saturated carbocycles. The van der Waals surface area contributed by atoms with Crippen molar-refractivity contribution >= 4 is 28.8 Å². The smallest absolute Gasteiger partial charge is 0.165 e. The van der Waals surface area contributed by atoms with Crippen LogP contribution in [0.5, 0.6) is 0 Å². The largest absolute Gasteiger partial charge is 0.368 e. The highest BCUT2D eigenvalue weighted by atomic mass is 16.1. The van der Waals surface area contributed by atoms with Crippen molar-refractivity contribution in [1.82, 2.24) is 14.7 Å². The summed E-state index contributed by atoms with van der Waals surface area (Å²) < 4.78 is 2.00. The second-order valence-corrected chi connectivity index (χ2v) is 8.84. The molecule has 0 spiro atoms. The van der Waals surface area contributed by atoms with Crippen molar-refractivity contribution in [3.8, 4) is 0 Å². The summed E-state index contributed by atoms with van der Waals surface area (Å²) in [6, 6.07) is 11.6. The number of pyridine rings is 1. The van der Waals surface area contributed by atoms with Crippen molar-refractivity contribution in [2.45, 2.75) is 45.7 Å². The van der Waals surface area contributed by atoms with Crippen LogP contribution in [0, 0.1) is 6.92 Å². The fourth-order valence-electron chi connectivity index (χ4n) is 4.75. The molecule has 1 aromatic carbocycles. The number of nitrogens with zero attached hydrogens (tertiary/aromatic N) is 3. The van der Waals surface area contributed by atoms with E-state index in [0.29, 0.717) is 24.1 Å². The van der Waals surface area contributed by atoms with Crippen LogP contribution in [0.3, 0.4) is 0 Å². The molecular weight excluding hydrogens is 372 g/mol. The molecule has 3 heterocycles. The van der Waals surface area contributed by atoms with E-state index in [-0.39, 0.29) is 5.78 Å². The summed E-state index contributed by atoms with van der Waals surface area (Å²) >= 11 is 0. The van der Waals surface area contributed by atoms with Gasteiger partial charge < -0.3 is 14.6 Å².